The minimum atomic E-state index is -0.709. The Morgan fingerprint density at radius 1 is 0.837 bits per heavy atom. The zero-order chi connectivity index (χ0) is 30.1. The van der Waals surface area contributed by atoms with E-state index in [2.05, 4.69) is 44.2 Å². The van der Waals surface area contributed by atoms with Gasteiger partial charge < -0.3 is 19.3 Å². The molecule has 2 heterocycles. The van der Waals surface area contributed by atoms with Gasteiger partial charge in [0, 0.05) is 44.3 Å². The van der Waals surface area contributed by atoms with E-state index in [0.717, 1.165) is 99.0 Å². The van der Waals surface area contributed by atoms with Crippen LogP contribution in [0.3, 0.4) is 0 Å². The molecule has 0 aromatic heterocycles. The third-order valence-electron chi connectivity index (χ3n) is 9.35. The highest BCUT2D eigenvalue weighted by atomic mass is 16.5. The predicted molar refractivity (Wildman–Crippen MR) is 170 cm³/mol. The summed E-state index contributed by atoms with van der Waals surface area (Å²) in [5.41, 5.74) is 4.67. The van der Waals surface area contributed by atoms with Crippen molar-refractivity contribution in [3.05, 3.63) is 94.6 Å². The number of carbonyl (C=O) groups excluding carboxylic acids is 2. The van der Waals surface area contributed by atoms with Crippen molar-refractivity contribution in [2.75, 3.05) is 39.4 Å². The van der Waals surface area contributed by atoms with Crippen molar-refractivity contribution in [1.29, 1.82) is 0 Å². The number of unbranched alkanes of at least 4 members (excludes halogenated alkanes) is 2. The van der Waals surface area contributed by atoms with Gasteiger partial charge in [0.15, 0.2) is 0 Å². The van der Waals surface area contributed by atoms with E-state index in [0.29, 0.717) is 26.4 Å². The summed E-state index contributed by atoms with van der Waals surface area (Å²) in [4.78, 5) is 32.2. The molecule has 230 valence electrons. The molecule has 0 bridgehead atoms. The average Bonchev–Trinajstić information content (AvgIpc) is 3.57. The monoisotopic (exact) mass is 584 g/mol. The number of ether oxygens (including phenoxy) is 2. The third kappa shape index (κ3) is 6.81. The highest BCUT2D eigenvalue weighted by Gasteiger charge is 2.63. The van der Waals surface area contributed by atoms with Crippen LogP contribution in [0.15, 0.2) is 83.5 Å². The maximum atomic E-state index is 14.3. The maximum absolute atomic E-state index is 14.3. The standard InChI is InChI=1S/C37H48N2O4/c1-3-5-21-38-23-17-32(35(38)40)34-31(18-25-42-27-29-13-9-7-10-14-29)33(19-26-43-28-30-15-11-8-12-16-30)37(34)20-24-39(36(37)41)22-6-4-2/h7-16,19,31H,3-6,17-18,20-28H2,1-2H3/b33-19+,34-32+. The van der Waals surface area contributed by atoms with Crippen LogP contribution < -0.4 is 0 Å². The first-order valence-corrected chi connectivity index (χ1v) is 16.4. The van der Waals surface area contributed by atoms with Crippen LogP contribution in [-0.4, -0.2) is 61.0 Å². The number of likely N-dealkylation sites (tertiary alicyclic amines) is 2. The Morgan fingerprint density at radius 3 is 2.12 bits per heavy atom. The van der Waals surface area contributed by atoms with Crippen LogP contribution in [-0.2, 0) is 32.3 Å². The van der Waals surface area contributed by atoms with Crippen molar-refractivity contribution in [3.63, 3.8) is 0 Å². The summed E-state index contributed by atoms with van der Waals surface area (Å²) in [5.74, 6) is 0.340. The van der Waals surface area contributed by atoms with Gasteiger partial charge in [-0.2, -0.15) is 0 Å². The van der Waals surface area contributed by atoms with Gasteiger partial charge in [0.05, 0.1) is 25.2 Å². The molecule has 5 rings (SSSR count). The lowest BCUT2D eigenvalue weighted by atomic mass is 9.50. The van der Waals surface area contributed by atoms with Gasteiger partial charge >= 0.3 is 0 Å². The van der Waals surface area contributed by atoms with E-state index in [1.54, 1.807) is 0 Å². The van der Waals surface area contributed by atoms with Crippen LogP contribution in [0.4, 0.5) is 0 Å². The Kier molecular flexibility index (Phi) is 10.9. The topological polar surface area (TPSA) is 59.1 Å². The lowest BCUT2D eigenvalue weighted by Gasteiger charge is -2.51. The average molecular weight is 585 g/mol. The fourth-order valence-electron chi connectivity index (χ4n) is 7.10. The molecule has 2 saturated heterocycles. The molecule has 43 heavy (non-hydrogen) atoms. The Hall–Kier alpha value is -3.22. The van der Waals surface area contributed by atoms with Crippen LogP contribution in [0.5, 0.6) is 0 Å². The molecule has 1 saturated carbocycles. The molecule has 0 radical (unpaired) electrons. The second-order valence-electron chi connectivity index (χ2n) is 12.1. The van der Waals surface area contributed by atoms with Crippen molar-refractivity contribution in [2.24, 2.45) is 11.3 Å². The zero-order valence-electron chi connectivity index (χ0n) is 26.1. The maximum Gasteiger partial charge on any atom is 0.249 e. The molecule has 6 nitrogen and oxygen atoms in total. The van der Waals surface area contributed by atoms with Crippen LogP contribution in [0, 0.1) is 11.3 Å². The molecule has 2 unspecified atom stereocenters. The molecule has 1 spiro atoms. The zero-order valence-corrected chi connectivity index (χ0v) is 26.1. The predicted octanol–water partition coefficient (Wildman–Crippen LogP) is 6.71. The number of amides is 2. The van der Waals surface area contributed by atoms with Crippen molar-refractivity contribution >= 4 is 11.8 Å². The summed E-state index contributed by atoms with van der Waals surface area (Å²) in [6, 6.07) is 20.4. The first-order chi connectivity index (χ1) is 21.1. The Morgan fingerprint density at radius 2 is 1.47 bits per heavy atom. The van der Waals surface area contributed by atoms with Gasteiger partial charge in [-0.1, -0.05) is 93.4 Å². The minimum Gasteiger partial charge on any atom is -0.377 e. The van der Waals surface area contributed by atoms with E-state index in [1.165, 1.54) is 0 Å². The molecule has 2 aromatic carbocycles. The number of nitrogens with zero attached hydrogens (tertiary/aromatic N) is 2. The Labute approximate surface area is 257 Å². The number of hydrogen-bond acceptors (Lipinski definition) is 4. The van der Waals surface area contributed by atoms with Crippen LogP contribution >= 0.6 is 0 Å². The second-order valence-corrected chi connectivity index (χ2v) is 12.1. The quantitative estimate of drug-likeness (QED) is 0.133. The SMILES string of the molecule is CCCCN1CC/C(=C2/C(CCOCc3ccccc3)/C(=C\COCc3ccccc3)C23CCN(CCCC)C3=O)C1=O. The summed E-state index contributed by atoms with van der Waals surface area (Å²) in [6.45, 7) is 9.46. The molecule has 0 N–H and O–H groups in total. The van der Waals surface area contributed by atoms with Gasteiger partial charge in [-0.3, -0.25) is 9.59 Å². The lowest BCUT2D eigenvalue weighted by Crippen LogP contribution is -2.51. The van der Waals surface area contributed by atoms with Crippen LogP contribution in [0.25, 0.3) is 0 Å². The second kappa shape index (κ2) is 15.0. The molecular weight excluding hydrogens is 536 g/mol. The molecule has 2 aliphatic heterocycles. The van der Waals surface area contributed by atoms with E-state index in [1.807, 2.05) is 46.2 Å². The summed E-state index contributed by atoms with van der Waals surface area (Å²) >= 11 is 0. The van der Waals surface area contributed by atoms with Crippen molar-refractivity contribution in [1.82, 2.24) is 9.80 Å². The fourth-order valence-corrected chi connectivity index (χ4v) is 7.10. The normalized spacial score (nSPS) is 24.5. The van der Waals surface area contributed by atoms with Gasteiger partial charge in [0.1, 0.15) is 0 Å². The number of rotatable bonds is 15. The van der Waals surface area contributed by atoms with Crippen molar-refractivity contribution < 1.29 is 19.1 Å². The van der Waals surface area contributed by atoms with Crippen LogP contribution in [0.2, 0.25) is 0 Å². The van der Waals surface area contributed by atoms with E-state index < -0.39 is 5.41 Å². The van der Waals surface area contributed by atoms with Crippen molar-refractivity contribution in [2.45, 2.75) is 72.0 Å². The third-order valence-corrected chi connectivity index (χ3v) is 9.35. The van der Waals surface area contributed by atoms with E-state index in [9.17, 15) is 9.59 Å². The first-order valence-electron chi connectivity index (χ1n) is 16.4. The number of hydrogen-bond donors (Lipinski definition) is 0. The summed E-state index contributed by atoms with van der Waals surface area (Å²) < 4.78 is 12.3. The number of benzene rings is 2. The van der Waals surface area contributed by atoms with E-state index in [4.69, 9.17) is 9.47 Å². The molecule has 2 amide bonds. The fraction of sp³-hybridized carbons (Fsp3) is 0.514. The number of carbonyl (C=O) groups is 2. The van der Waals surface area contributed by atoms with Gasteiger partial charge in [0.25, 0.3) is 0 Å². The largest absolute Gasteiger partial charge is 0.377 e. The molecule has 3 fully saturated rings. The molecule has 1 aliphatic carbocycles. The minimum absolute atomic E-state index is 0.0243. The molecule has 3 aliphatic rings. The molecular formula is C37H48N2O4. The Balaban J connectivity index is 1.42. The van der Waals surface area contributed by atoms with Crippen molar-refractivity contribution in [3.8, 4) is 0 Å². The molecule has 2 atom stereocenters. The summed E-state index contributed by atoms with van der Waals surface area (Å²) in [7, 11) is 0. The molecule has 2 aromatic rings. The van der Waals surface area contributed by atoms with E-state index >= 15 is 0 Å². The van der Waals surface area contributed by atoms with Gasteiger partial charge in [0.2, 0.25) is 11.8 Å². The molecule has 6 heteroatoms. The van der Waals surface area contributed by atoms with Gasteiger partial charge in [-0.15, -0.1) is 0 Å². The highest BCUT2D eigenvalue weighted by molar-refractivity contribution is 6.02. The van der Waals surface area contributed by atoms with Gasteiger partial charge in [-0.05, 0) is 54.4 Å². The summed E-state index contributed by atoms with van der Waals surface area (Å²) in [5, 5.41) is 0. The van der Waals surface area contributed by atoms with Crippen LogP contribution in [0.1, 0.15) is 69.9 Å². The van der Waals surface area contributed by atoms with E-state index in [-0.39, 0.29) is 17.7 Å². The van der Waals surface area contributed by atoms with Gasteiger partial charge in [-0.25, -0.2) is 0 Å². The Bertz CT molecular complexity index is 1290. The highest BCUT2D eigenvalue weighted by Crippen LogP contribution is 2.63. The summed E-state index contributed by atoms with van der Waals surface area (Å²) in [6.07, 6.45) is 8.47. The first kappa shape index (κ1) is 31.2. The smallest absolute Gasteiger partial charge is 0.249 e. The lowest BCUT2D eigenvalue weighted by molar-refractivity contribution is -0.135.